The Morgan fingerprint density at radius 3 is 1.45 bits per heavy atom. The van der Waals surface area contributed by atoms with Crippen LogP contribution in [0.15, 0.2) is 12.2 Å². The van der Waals surface area contributed by atoms with E-state index in [-0.39, 0.29) is 19.1 Å². The lowest BCUT2D eigenvalue weighted by Crippen LogP contribution is -2.45. The first-order valence-electron chi connectivity index (χ1n) is 21.6. The van der Waals surface area contributed by atoms with E-state index in [1.165, 1.54) is 148 Å². The quantitative estimate of drug-likeness (QED) is 0.0250. The highest BCUT2D eigenvalue weighted by atomic mass is 31.2. The van der Waals surface area contributed by atoms with E-state index in [1.54, 1.807) is 6.08 Å². The summed E-state index contributed by atoms with van der Waals surface area (Å²) >= 11 is 0. The van der Waals surface area contributed by atoms with Crippen molar-refractivity contribution in [2.45, 2.75) is 212 Å². The number of nitrogens with one attached hydrogen (secondary N) is 1. The second kappa shape index (κ2) is 35.0. The number of unbranched alkanes of at least 4 members (excludes halogenated alkanes) is 26. The molecule has 51 heavy (non-hydrogen) atoms. The van der Waals surface area contributed by atoms with E-state index in [0.717, 1.165) is 32.1 Å². The number of allylic oxidation sites excluding steroid dienone is 1. The van der Waals surface area contributed by atoms with Crippen molar-refractivity contribution in [2.24, 2.45) is 0 Å². The van der Waals surface area contributed by atoms with Crippen LogP contribution in [0.2, 0.25) is 0 Å². The molecule has 8 nitrogen and oxygen atoms in total. The number of likely N-dealkylation sites (N-methyl/N-ethyl adjacent to an activating group) is 1. The molecule has 0 aliphatic carbocycles. The van der Waals surface area contributed by atoms with Gasteiger partial charge in [0.2, 0.25) is 5.91 Å². The van der Waals surface area contributed by atoms with Crippen molar-refractivity contribution in [1.82, 2.24) is 5.32 Å². The maximum atomic E-state index is 12.7. The minimum Gasteiger partial charge on any atom is -0.387 e. The SMILES string of the molecule is CCCCCCCCCCCCCCCCCCCCCCC/C=C/C(O)C(COP(=O)(O)OCC[N+](C)(C)C)NC(=O)CCCCCCCC. The molecule has 9 heteroatoms. The van der Waals surface area contributed by atoms with Crippen LogP contribution in [0.3, 0.4) is 0 Å². The maximum Gasteiger partial charge on any atom is 0.472 e. The molecule has 0 radical (unpaired) electrons. The number of aliphatic hydroxyl groups is 1. The monoisotopic (exact) mass is 746 g/mol. The molecule has 0 aromatic rings. The van der Waals surface area contributed by atoms with Gasteiger partial charge in [-0.05, 0) is 19.3 Å². The number of quaternary nitrogens is 1. The predicted octanol–water partition coefficient (Wildman–Crippen LogP) is 11.6. The molecule has 0 saturated heterocycles. The fraction of sp³-hybridized carbons (Fsp3) is 0.929. The van der Waals surface area contributed by atoms with Crippen LogP contribution in [-0.2, 0) is 18.4 Å². The molecule has 0 aromatic carbocycles. The largest absolute Gasteiger partial charge is 0.472 e. The average molecular weight is 746 g/mol. The van der Waals surface area contributed by atoms with Crippen molar-refractivity contribution >= 4 is 13.7 Å². The predicted molar refractivity (Wildman–Crippen MR) is 217 cm³/mol. The molecule has 3 atom stereocenters. The number of nitrogens with zero attached hydrogens (tertiary/aromatic N) is 1. The summed E-state index contributed by atoms with van der Waals surface area (Å²) in [6.45, 7) is 4.75. The second-order valence-corrected chi connectivity index (χ2v) is 17.5. The van der Waals surface area contributed by atoms with Crippen molar-refractivity contribution in [3.8, 4) is 0 Å². The molecule has 0 bridgehead atoms. The zero-order valence-corrected chi connectivity index (χ0v) is 35.3. The van der Waals surface area contributed by atoms with E-state index in [1.807, 2.05) is 27.2 Å². The molecule has 0 aliphatic heterocycles. The Bertz CT molecular complexity index is 850. The average Bonchev–Trinajstić information content (AvgIpc) is 3.07. The van der Waals surface area contributed by atoms with Crippen LogP contribution in [0.25, 0.3) is 0 Å². The van der Waals surface area contributed by atoms with Crippen LogP contribution in [-0.4, -0.2) is 73.4 Å². The Hall–Kier alpha value is -0.760. The number of hydrogen-bond acceptors (Lipinski definition) is 5. The van der Waals surface area contributed by atoms with E-state index in [0.29, 0.717) is 17.4 Å². The molecule has 0 spiro atoms. The summed E-state index contributed by atoms with van der Waals surface area (Å²) in [6, 6.07) is -0.837. The molecular weight excluding hydrogens is 659 g/mol. The smallest absolute Gasteiger partial charge is 0.387 e. The van der Waals surface area contributed by atoms with E-state index >= 15 is 0 Å². The third kappa shape index (κ3) is 37.4. The van der Waals surface area contributed by atoms with Crippen LogP contribution in [0, 0.1) is 0 Å². The zero-order chi connectivity index (χ0) is 37.9. The number of phosphoric acid groups is 1. The zero-order valence-electron chi connectivity index (χ0n) is 34.4. The number of phosphoric ester groups is 1. The Morgan fingerprint density at radius 1 is 0.647 bits per heavy atom. The molecule has 3 N–H and O–H groups in total. The van der Waals surface area contributed by atoms with Crippen molar-refractivity contribution in [3.05, 3.63) is 12.2 Å². The van der Waals surface area contributed by atoms with Gasteiger partial charge in [0.05, 0.1) is 39.9 Å². The van der Waals surface area contributed by atoms with Gasteiger partial charge in [-0.15, -0.1) is 0 Å². The van der Waals surface area contributed by atoms with E-state index < -0.39 is 20.0 Å². The Kier molecular flexibility index (Phi) is 34.5. The van der Waals surface area contributed by atoms with Gasteiger partial charge in [-0.1, -0.05) is 187 Å². The van der Waals surface area contributed by atoms with Crippen molar-refractivity contribution in [1.29, 1.82) is 0 Å². The van der Waals surface area contributed by atoms with Gasteiger partial charge in [-0.3, -0.25) is 13.8 Å². The number of carbonyl (C=O) groups is 1. The van der Waals surface area contributed by atoms with Crippen LogP contribution in [0.1, 0.15) is 200 Å². The molecule has 0 rings (SSSR count). The lowest BCUT2D eigenvalue weighted by atomic mass is 10.0. The molecule has 0 aliphatic rings. The minimum atomic E-state index is -4.32. The van der Waals surface area contributed by atoms with Crippen LogP contribution < -0.4 is 5.32 Å². The standard InChI is InChI=1S/C42H85N2O6P/c1-6-8-10-12-14-15-16-17-18-19-20-21-22-23-24-25-26-27-28-29-30-31-33-35-41(45)40(43-42(46)36-34-32-13-11-9-7-2)39-50-51(47,48)49-38-37-44(3,4)5/h33,35,40-41,45H,6-32,34,36-39H2,1-5H3,(H-,43,46,47,48)/p+1/b35-33+. The fourth-order valence-corrected chi connectivity index (χ4v) is 7.01. The van der Waals surface area contributed by atoms with Gasteiger partial charge in [-0.2, -0.15) is 0 Å². The van der Waals surface area contributed by atoms with Gasteiger partial charge in [0, 0.05) is 6.42 Å². The molecule has 0 aromatic heterocycles. The maximum absolute atomic E-state index is 12.7. The normalized spacial score (nSPS) is 14.6. The number of hydrogen-bond donors (Lipinski definition) is 3. The lowest BCUT2D eigenvalue weighted by molar-refractivity contribution is -0.870. The van der Waals surface area contributed by atoms with Gasteiger partial charge in [-0.25, -0.2) is 4.57 Å². The van der Waals surface area contributed by atoms with Gasteiger partial charge in [0.1, 0.15) is 13.2 Å². The molecular formula is C42H86N2O6P+. The second-order valence-electron chi connectivity index (χ2n) is 16.1. The Labute approximate surface area is 316 Å². The highest BCUT2D eigenvalue weighted by molar-refractivity contribution is 7.47. The van der Waals surface area contributed by atoms with E-state index in [9.17, 15) is 19.4 Å². The van der Waals surface area contributed by atoms with Gasteiger partial charge < -0.3 is 19.8 Å². The summed E-state index contributed by atoms with van der Waals surface area (Å²) in [7, 11) is 1.58. The summed E-state index contributed by atoms with van der Waals surface area (Å²) in [5, 5.41) is 13.7. The summed E-state index contributed by atoms with van der Waals surface area (Å²) < 4.78 is 23.4. The van der Waals surface area contributed by atoms with Crippen molar-refractivity contribution < 1.29 is 32.9 Å². The number of amides is 1. The fourth-order valence-electron chi connectivity index (χ4n) is 6.28. The van der Waals surface area contributed by atoms with E-state index in [2.05, 4.69) is 19.2 Å². The first-order chi connectivity index (χ1) is 24.5. The van der Waals surface area contributed by atoms with Gasteiger partial charge in [0.15, 0.2) is 0 Å². The Morgan fingerprint density at radius 2 is 1.04 bits per heavy atom. The molecule has 3 unspecified atom stereocenters. The lowest BCUT2D eigenvalue weighted by Gasteiger charge is -2.25. The van der Waals surface area contributed by atoms with Crippen LogP contribution >= 0.6 is 7.82 Å². The third-order valence-corrected chi connectivity index (χ3v) is 10.7. The first-order valence-corrected chi connectivity index (χ1v) is 23.1. The number of aliphatic hydroxyl groups excluding tert-OH is 1. The van der Waals surface area contributed by atoms with Crippen LogP contribution in [0.5, 0.6) is 0 Å². The summed E-state index contributed by atoms with van der Waals surface area (Å²) in [4.78, 5) is 22.8. The number of rotatable bonds is 39. The first kappa shape index (κ1) is 50.2. The molecule has 1 amide bonds. The topological polar surface area (TPSA) is 105 Å². The summed E-state index contributed by atoms with van der Waals surface area (Å²) in [5.41, 5.74) is 0. The summed E-state index contributed by atoms with van der Waals surface area (Å²) in [6.07, 6.45) is 38.9. The van der Waals surface area contributed by atoms with E-state index in [4.69, 9.17) is 9.05 Å². The number of carbonyl (C=O) groups excluding carboxylic acids is 1. The molecule has 0 fully saturated rings. The molecule has 0 saturated carbocycles. The van der Waals surface area contributed by atoms with Crippen LogP contribution in [0.4, 0.5) is 0 Å². The molecule has 304 valence electrons. The van der Waals surface area contributed by atoms with Crippen molar-refractivity contribution in [3.63, 3.8) is 0 Å². The summed E-state index contributed by atoms with van der Waals surface area (Å²) in [5.74, 6) is -0.186. The third-order valence-electron chi connectivity index (χ3n) is 9.76. The minimum absolute atomic E-state index is 0.0638. The van der Waals surface area contributed by atoms with Gasteiger partial charge in [0.25, 0.3) is 0 Å². The van der Waals surface area contributed by atoms with Gasteiger partial charge >= 0.3 is 7.82 Å². The van der Waals surface area contributed by atoms with Crippen molar-refractivity contribution in [2.75, 3.05) is 40.9 Å². The highest BCUT2D eigenvalue weighted by Gasteiger charge is 2.27. The highest BCUT2D eigenvalue weighted by Crippen LogP contribution is 2.43. The molecule has 0 heterocycles. The Balaban J connectivity index is 4.16.